The first-order valence-electron chi connectivity index (χ1n) is 9.08. The third-order valence-electron chi connectivity index (χ3n) is 4.64. The molecule has 0 radical (unpaired) electrons. The first-order chi connectivity index (χ1) is 13.1. The van der Waals surface area contributed by atoms with Crippen molar-refractivity contribution in [1.82, 2.24) is 9.80 Å². The van der Waals surface area contributed by atoms with Crippen molar-refractivity contribution >= 4 is 5.91 Å². The van der Waals surface area contributed by atoms with Gasteiger partial charge in [-0.15, -0.1) is 6.58 Å². The van der Waals surface area contributed by atoms with Crippen LogP contribution in [0.15, 0.2) is 47.4 Å². The lowest BCUT2D eigenvalue weighted by Crippen LogP contribution is -2.47. The van der Waals surface area contributed by atoms with Crippen LogP contribution in [0.4, 0.5) is 0 Å². The molecule has 0 atom stereocenters. The molecule has 1 aliphatic heterocycles. The predicted molar refractivity (Wildman–Crippen MR) is 103 cm³/mol. The average Bonchev–Trinajstić information content (AvgIpc) is 3.16. The Balaban J connectivity index is 1.61. The zero-order valence-electron chi connectivity index (χ0n) is 15.9. The molecular formula is C21H26N2O4. The lowest BCUT2D eigenvalue weighted by molar-refractivity contribution is 0.0628. The summed E-state index contributed by atoms with van der Waals surface area (Å²) in [6.45, 7) is 7.17. The number of piperazine rings is 1. The smallest absolute Gasteiger partial charge is 0.289 e. The molecule has 0 aliphatic carbocycles. The van der Waals surface area contributed by atoms with E-state index in [2.05, 4.69) is 18.5 Å². The second-order valence-corrected chi connectivity index (χ2v) is 6.63. The molecule has 0 bridgehead atoms. The normalized spacial score (nSPS) is 14.8. The van der Waals surface area contributed by atoms with Gasteiger partial charge in [0, 0.05) is 26.2 Å². The molecule has 0 N–H and O–H groups in total. The van der Waals surface area contributed by atoms with Crippen molar-refractivity contribution in [2.75, 3.05) is 40.3 Å². The van der Waals surface area contributed by atoms with Gasteiger partial charge in [-0.05, 0) is 43.3 Å². The average molecular weight is 370 g/mol. The molecular weight excluding hydrogens is 344 g/mol. The van der Waals surface area contributed by atoms with Crippen molar-refractivity contribution in [2.24, 2.45) is 0 Å². The molecule has 2 aromatic rings. The molecule has 1 saturated heterocycles. The number of methoxy groups -OCH3 is 1. The Bertz CT molecular complexity index is 791. The lowest BCUT2D eigenvalue weighted by Gasteiger charge is -2.31. The van der Waals surface area contributed by atoms with Crippen LogP contribution in [0.25, 0.3) is 0 Å². The summed E-state index contributed by atoms with van der Waals surface area (Å²) >= 11 is 0. The minimum Gasteiger partial charge on any atom is -0.493 e. The van der Waals surface area contributed by atoms with Crippen LogP contribution >= 0.6 is 0 Å². The highest BCUT2D eigenvalue weighted by Crippen LogP contribution is 2.29. The molecule has 144 valence electrons. The van der Waals surface area contributed by atoms with E-state index in [-0.39, 0.29) is 12.5 Å². The number of ether oxygens (including phenoxy) is 2. The molecule has 0 saturated carbocycles. The minimum atomic E-state index is -0.0688. The van der Waals surface area contributed by atoms with Crippen LogP contribution in [0.5, 0.6) is 11.5 Å². The van der Waals surface area contributed by atoms with Crippen LogP contribution in [0, 0.1) is 0 Å². The van der Waals surface area contributed by atoms with Gasteiger partial charge in [-0.3, -0.25) is 4.79 Å². The number of carbonyl (C=O) groups excluding carboxylic acids is 1. The summed E-state index contributed by atoms with van der Waals surface area (Å²) < 4.78 is 16.9. The Morgan fingerprint density at radius 3 is 2.67 bits per heavy atom. The molecule has 27 heavy (non-hydrogen) atoms. The van der Waals surface area contributed by atoms with Crippen molar-refractivity contribution in [3.63, 3.8) is 0 Å². The van der Waals surface area contributed by atoms with E-state index in [9.17, 15) is 4.79 Å². The van der Waals surface area contributed by atoms with E-state index in [0.29, 0.717) is 23.0 Å². The van der Waals surface area contributed by atoms with Gasteiger partial charge in [0.05, 0.1) is 7.11 Å². The monoisotopic (exact) mass is 370 g/mol. The highest BCUT2D eigenvalue weighted by molar-refractivity contribution is 5.91. The third-order valence-corrected chi connectivity index (χ3v) is 4.64. The van der Waals surface area contributed by atoms with Crippen molar-refractivity contribution in [3.05, 3.63) is 60.1 Å². The van der Waals surface area contributed by atoms with Crippen molar-refractivity contribution in [3.8, 4) is 11.5 Å². The molecule has 2 heterocycles. The van der Waals surface area contributed by atoms with E-state index in [1.165, 1.54) is 0 Å². The van der Waals surface area contributed by atoms with Crippen molar-refractivity contribution in [1.29, 1.82) is 0 Å². The number of hydrogen-bond acceptors (Lipinski definition) is 5. The Hall–Kier alpha value is -2.73. The van der Waals surface area contributed by atoms with E-state index in [1.54, 1.807) is 19.2 Å². The summed E-state index contributed by atoms with van der Waals surface area (Å²) in [6.07, 6.45) is 2.61. The number of furan rings is 1. The highest BCUT2D eigenvalue weighted by Gasteiger charge is 2.23. The minimum absolute atomic E-state index is 0.0688. The maximum Gasteiger partial charge on any atom is 0.289 e. The number of allylic oxidation sites excluding steroid dienone is 1. The number of rotatable bonds is 7. The van der Waals surface area contributed by atoms with Gasteiger partial charge in [-0.1, -0.05) is 12.1 Å². The number of carbonyl (C=O) groups is 1. The molecule has 6 heteroatoms. The van der Waals surface area contributed by atoms with Gasteiger partial charge < -0.3 is 23.7 Å². The van der Waals surface area contributed by atoms with E-state index in [1.807, 2.05) is 29.2 Å². The van der Waals surface area contributed by atoms with Crippen LogP contribution in [0.3, 0.4) is 0 Å². The fraction of sp³-hybridized carbons (Fsp3) is 0.381. The van der Waals surface area contributed by atoms with Gasteiger partial charge in [0.2, 0.25) is 0 Å². The molecule has 1 aromatic heterocycles. The molecule has 0 spiro atoms. The summed E-state index contributed by atoms with van der Waals surface area (Å²) in [5.74, 6) is 2.18. The molecule has 3 rings (SSSR count). The zero-order chi connectivity index (χ0) is 19.2. The summed E-state index contributed by atoms with van der Waals surface area (Å²) in [7, 11) is 3.67. The zero-order valence-corrected chi connectivity index (χ0v) is 15.9. The fourth-order valence-corrected chi connectivity index (χ4v) is 3.01. The van der Waals surface area contributed by atoms with Crippen LogP contribution in [0.1, 0.15) is 21.9 Å². The second kappa shape index (κ2) is 8.77. The lowest BCUT2D eigenvalue weighted by atomic mass is 10.1. The molecule has 1 aromatic carbocycles. The van der Waals surface area contributed by atoms with Crippen LogP contribution in [-0.2, 0) is 13.0 Å². The van der Waals surface area contributed by atoms with Crippen LogP contribution in [-0.4, -0.2) is 56.0 Å². The third kappa shape index (κ3) is 4.71. The Kier molecular flexibility index (Phi) is 6.19. The van der Waals surface area contributed by atoms with Gasteiger partial charge >= 0.3 is 0 Å². The fourth-order valence-electron chi connectivity index (χ4n) is 3.01. The van der Waals surface area contributed by atoms with E-state index in [4.69, 9.17) is 13.9 Å². The maximum absolute atomic E-state index is 12.5. The second-order valence-electron chi connectivity index (χ2n) is 6.63. The first-order valence-corrected chi connectivity index (χ1v) is 9.08. The quantitative estimate of drug-likeness (QED) is 0.702. The Labute approximate surface area is 160 Å². The van der Waals surface area contributed by atoms with Gasteiger partial charge in [0.25, 0.3) is 5.91 Å². The summed E-state index contributed by atoms with van der Waals surface area (Å²) in [5.41, 5.74) is 1.10. The molecule has 0 unspecified atom stereocenters. The van der Waals surface area contributed by atoms with Crippen LogP contribution < -0.4 is 9.47 Å². The van der Waals surface area contributed by atoms with Crippen LogP contribution in [0.2, 0.25) is 0 Å². The van der Waals surface area contributed by atoms with Gasteiger partial charge in [0.1, 0.15) is 12.4 Å². The van der Waals surface area contributed by atoms with Crippen molar-refractivity contribution < 1.29 is 18.7 Å². The van der Waals surface area contributed by atoms with E-state index >= 15 is 0 Å². The number of amides is 1. The molecule has 6 nitrogen and oxygen atoms in total. The van der Waals surface area contributed by atoms with Crippen molar-refractivity contribution in [2.45, 2.75) is 13.0 Å². The number of nitrogens with zero attached hydrogens (tertiary/aromatic N) is 2. The van der Waals surface area contributed by atoms with E-state index < -0.39 is 0 Å². The molecule has 1 amide bonds. The standard InChI is InChI=1S/C21H26N2O4/c1-4-5-16-6-8-18(20(14-16)25-3)26-15-17-7-9-19(27-17)21(24)23-12-10-22(2)11-13-23/h4,6-9,14H,1,5,10-13,15H2,2-3H3. The predicted octanol–water partition coefficient (Wildman–Crippen LogP) is 2.98. The number of likely N-dealkylation sites (N-methyl/N-ethyl adjacent to an activating group) is 1. The van der Waals surface area contributed by atoms with Gasteiger partial charge in [0.15, 0.2) is 17.3 Å². The Morgan fingerprint density at radius 2 is 1.96 bits per heavy atom. The number of benzene rings is 1. The van der Waals surface area contributed by atoms with Gasteiger partial charge in [-0.25, -0.2) is 0 Å². The first kappa shape index (κ1) is 19.0. The Morgan fingerprint density at radius 1 is 1.19 bits per heavy atom. The summed E-state index contributed by atoms with van der Waals surface area (Å²) in [4.78, 5) is 16.6. The molecule has 1 aliphatic rings. The molecule has 1 fully saturated rings. The topological polar surface area (TPSA) is 55.2 Å². The SMILES string of the molecule is C=CCc1ccc(OCc2ccc(C(=O)N3CCN(C)CC3)o2)c(OC)c1. The number of hydrogen-bond donors (Lipinski definition) is 0. The van der Waals surface area contributed by atoms with E-state index in [0.717, 1.165) is 38.2 Å². The maximum atomic E-state index is 12.5. The summed E-state index contributed by atoms with van der Waals surface area (Å²) in [6, 6.07) is 9.27. The van der Waals surface area contributed by atoms with Gasteiger partial charge in [-0.2, -0.15) is 0 Å². The summed E-state index contributed by atoms with van der Waals surface area (Å²) in [5, 5.41) is 0. The largest absolute Gasteiger partial charge is 0.493 e. The highest BCUT2D eigenvalue weighted by atomic mass is 16.5.